The molecule has 0 aliphatic heterocycles. The van der Waals surface area contributed by atoms with Crippen molar-refractivity contribution in [3.05, 3.63) is 58.6 Å². The van der Waals surface area contributed by atoms with Crippen LogP contribution in [0.3, 0.4) is 0 Å². The Hall–Kier alpha value is -2.34. The Morgan fingerprint density at radius 2 is 1.92 bits per heavy atom. The summed E-state index contributed by atoms with van der Waals surface area (Å²) in [7, 11) is 0. The van der Waals surface area contributed by atoms with Crippen LogP contribution in [0.5, 0.6) is 5.75 Å². The molecule has 6 heteroatoms. The van der Waals surface area contributed by atoms with Gasteiger partial charge in [0.2, 0.25) is 0 Å². The fraction of sp³-hybridized carbons (Fsp3) is 0.263. The van der Waals surface area contributed by atoms with E-state index in [2.05, 4.69) is 45.2 Å². The van der Waals surface area contributed by atoms with Gasteiger partial charge in [-0.2, -0.15) is 5.10 Å². The third-order valence-electron chi connectivity index (χ3n) is 3.59. The summed E-state index contributed by atoms with van der Waals surface area (Å²) in [6.45, 7) is 6.11. The van der Waals surface area contributed by atoms with Crippen LogP contribution in [0.4, 0.5) is 5.69 Å². The van der Waals surface area contributed by atoms with Gasteiger partial charge in [0, 0.05) is 23.2 Å². The van der Waals surface area contributed by atoms with Gasteiger partial charge in [-0.05, 0) is 49.7 Å². The second kappa shape index (κ2) is 9.84. The molecule has 5 nitrogen and oxygen atoms in total. The number of amides is 1. The first-order chi connectivity index (χ1) is 12.1. The van der Waals surface area contributed by atoms with E-state index in [0.29, 0.717) is 5.75 Å². The predicted octanol–water partition coefficient (Wildman–Crippen LogP) is 3.82. The van der Waals surface area contributed by atoms with Crippen LogP contribution in [0, 0.1) is 0 Å². The highest BCUT2D eigenvalue weighted by molar-refractivity contribution is 9.10. The monoisotopic (exact) mass is 403 g/mol. The number of ether oxygens (including phenoxy) is 1. The van der Waals surface area contributed by atoms with Gasteiger partial charge in [0.25, 0.3) is 5.91 Å². The molecule has 0 aliphatic carbocycles. The van der Waals surface area contributed by atoms with Crippen molar-refractivity contribution in [2.75, 3.05) is 24.6 Å². The van der Waals surface area contributed by atoms with Crippen LogP contribution in [0.15, 0.2) is 58.1 Å². The molecule has 0 fully saturated rings. The zero-order valence-corrected chi connectivity index (χ0v) is 16.0. The maximum absolute atomic E-state index is 11.7. The quantitative estimate of drug-likeness (QED) is 0.538. The lowest BCUT2D eigenvalue weighted by Crippen LogP contribution is -2.24. The summed E-state index contributed by atoms with van der Waals surface area (Å²) in [6, 6.07) is 15.4. The van der Waals surface area contributed by atoms with Gasteiger partial charge in [0.05, 0.1) is 6.21 Å². The Bertz CT molecular complexity index is 713. The van der Waals surface area contributed by atoms with Gasteiger partial charge < -0.3 is 9.64 Å². The largest absolute Gasteiger partial charge is 0.484 e. The van der Waals surface area contributed by atoms with Crippen LogP contribution in [0.25, 0.3) is 0 Å². The fourth-order valence-electron chi connectivity index (χ4n) is 2.28. The molecule has 0 aliphatic rings. The lowest BCUT2D eigenvalue weighted by molar-refractivity contribution is -0.123. The summed E-state index contributed by atoms with van der Waals surface area (Å²) in [5.41, 5.74) is 4.55. The molecule has 0 atom stereocenters. The molecule has 0 spiro atoms. The molecule has 25 heavy (non-hydrogen) atoms. The van der Waals surface area contributed by atoms with Crippen molar-refractivity contribution >= 4 is 33.7 Å². The highest BCUT2D eigenvalue weighted by atomic mass is 79.9. The minimum Gasteiger partial charge on any atom is -0.484 e. The first kappa shape index (κ1) is 19.0. The van der Waals surface area contributed by atoms with Crippen molar-refractivity contribution in [2.24, 2.45) is 5.10 Å². The van der Waals surface area contributed by atoms with E-state index in [1.165, 1.54) is 5.69 Å². The van der Waals surface area contributed by atoms with E-state index in [9.17, 15) is 4.79 Å². The second-order valence-corrected chi connectivity index (χ2v) is 6.22. The van der Waals surface area contributed by atoms with E-state index in [4.69, 9.17) is 4.74 Å². The van der Waals surface area contributed by atoms with Crippen molar-refractivity contribution < 1.29 is 9.53 Å². The molecule has 0 saturated carbocycles. The molecule has 0 unspecified atom stereocenters. The van der Waals surface area contributed by atoms with E-state index in [-0.39, 0.29) is 12.5 Å². The number of anilines is 1. The van der Waals surface area contributed by atoms with Gasteiger partial charge in [-0.25, -0.2) is 5.43 Å². The lowest BCUT2D eigenvalue weighted by atomic mass is 10.2. The Kier molecular flexibility index (Phi) is 7.47. The average molecular weight is 404 g/mol. The number of carbonyl (C=O) groups excluding carboxylic acids is 1. The minimum atomic E-state index is -0.309. The first-order valence-corrected chi connectivity index (χ1v) is 8.97. The summed E-state index contributed by atoms with van der Waals surface area (Å²) < 4.78 is 6.30. The molecule has 0 bridgehead atoms. The highest BCUT2D eigenvalue weighted by Gasteiger charge is 2.02. The van der Waals surface area contributed by atoms with Gasteiger partial charge in [-0.15, -0.1) is 0 Å². The molecule has 0 heterocycles. The molecule has 0 saturated heterocycles. The molecule has 0 aromatic heterocycles. The molecular weight excluding hydrogens is 382 g/mol. The van der Waals surface area contributed by atoms with Crippen molar-refractivity contribution in [3.63, 3.8) is 0 Å². The molecule has 2 aromatic rings. The Labute approximate surface area is 156 Å². The third-order valence-corrected chi connectivity index (χ3v) is 4.08. The molecule has 1 amide bonds. The molecule has 132 valence electrons. The highest BCUT2D eigenvalue weighted by Crippen LogP contribution is 2.17. The Balaban J connectivity index is 1.80. The molecule has 1 N–H and O–H groups in total. The van der Waals surface area contributed by atoms with E-state index in [1.54, 1.807) is 18.3 Å². The second-order valence-electron chi connectivity index (χ2n) is 5.30. The summed E-state index contributed by atoms with van der Waals surface area (Å²) >= 11 is 3.35. The number of rotatable bonds is 8. The van der Waals surface area contributed by atoms with Crippen LogP contribution in [-0.2, 0) is 4.79 Å². The molecule has 0 radical (unpaired) electrons. The number of benzene rings is 2. The van der Waals surface area contributed by atoms with Gasteiger partial charge in [0.1, 0.15) is 5.75 Å². The van der Waals surface area contributed by atoms with Crippen molar-refractivity contribution in [1.29, 1.82) is 0 Å². The number of nitrogens with zero attached hydrogens (tertiary/aromatic N) is 2. The lowest BCUT2D eigenvalue weighted by Gasteiger charge is -2.20. The maximum atomic E-state index is 11.7. The van der Waals surface area contributed by atoms with E-state index >= 15 is 0 Å². The van der Waals surface area contributed by atoms with Gasteiger partial charge in [0.15, 0.2) is 6.61 Å². The Morgan fingerprint density at radius 3 is 2.56 bits per heavy atom. The maximum Gasteiger partial charge on any atom is 0.277 e. The Morgan fingerprint density at radius 1 is 1.20 bits per heavy atom. The number of hydrogen-bond acceptors (Lipinski definition) is 4. The van der Waals surface area contributed by atoms with Crippen LogP contribution in [0.2, 0.25) is 0 Å². The predicted molar refractivity (Wildman–Crippen MR) is 105 cm³/mol. The SMILES string of the molecule is CCN(CC)c1ccc(/C=N/NC(=O)COc2cccc(Br)c2)cc1. The zero-order chi connectivity index (χ0) is 18.1. The van der Waals surface area contributed by atoms with E-state index < -0.39 is 0 Å². The van der Waals surface area contributed by atoms with Crippen LogP contribution in [0.1, 0.15) is 19.4 Å². The summed E-state index contributed by atoms with van der Waals surface area (Å²) in [4.78, 5) is 14.0. The number of carbonyl (C=O) groups is 1. The summed E-state index contributed by atoms with van der Waals surface area (Å²) in [6.07, 6.45) is 1.61. The minimum absolute atomic E-state index is 0.0886. The van der Waals surface area contributed by atoms with Crippen molar-refractivity contribution in [1.82, 2.24) is 5.43 Å². The van der Waals surface area contributed by atoms with Crippen LogP contribution >= 0.6 is 15.9 Å². The molecule has 2 rings (SSSR count). The first-order valence-electron chi connectivity index (χ1n) is 8.17. The number of hydrogen-bond donors (Lipinski definition) is 1. The molecule has 2 aromatic carbocycles. The topological polar surface area (TPSA) is 53.9 Å². The number of halogens is 1. The van der Waals surface area contributed by atoms with E-state index in [1.807, 2.05) is 36.4 Å². The van der Waals surface area contributed by atoms with Crippen LogP contribution in [-0.4, -0.2) is 31.8 Å². The van der Waals surface area contributed by atoms with Gasteiger partial charge in [-0.1, -0.05) is 34.1 Å². The van der Waals surface area contributed by atoms with Crippen LogP contribution < -0.4 is 15.1 Å². The van der Waals surface area contributed by atoms with Crippen molar-refractivity contribution in [3.8, 4) is 5.75 Å². The third kappa shape index (κ3) is 6.23. The molecular formula is C19H22BrN3O2. The summed E-state index contributed by atoms with van der Waals surface area (Å²) in [5, 5.41) is 3.96. The van der Waals surface area contributed by atoms with Gasteiger partial charge in [-0.3, -0.25) is 4.79 Å². The number of hydrazone groups is 1. The van der Waals surface area contributed by atoms with Crippen molar-refractivity contribution in [2.45, 2.75) is 13.8 Å². The van der Waals surface area contributed by atoms with Gasteiger partial charge >= 0.3 is 0 Å². The number of nitrogens with one attached hydrogen (secondary N) is 1. The average Bonchev–Trinajstić information content (AvgIpc) is 2.62. The fourth-order valence-corrected chi connectivity index (χ4v) is 2.65. The van der Waals surface area contributed by atoms with E-state index in [0.717, 1.165) is 23.1 Å². The normalized spacial score (nSPS) is 10.7. The smallest absolute Gasteiger partial charge is 0.277 e. The standard InChI is InChI=1S/C19H22BrN3O2/c1-3-23(4-2)17-10-8-15(9-11-17)13-21-22-19(24)14-25-18-7-5-6-16(20)12-18/h5-13H,3-4,14H2,1-2H3,(H,22,24)/b21-13+. The summed E-state index contributed by atoms with van der Waals surface area (Å²) in [5.74, 6) is 0.316. The zero-order valence-electron chi connectivity index (χ0n) is 14.4.